The predicted octanol–water partition coefficient (Wildman–Crippen LogP) is 2.89. The molecule has 2 aromatic carbocycles. The number of aryl methyl sites for hydroxylation is 4. The zero-order valence-electron chi connectivity index (χ0n) is 17.8. The highest BCUT2D eigenvalue weighted by atomic mass is 19.1. The maximum atomic E-state index is 14.2. The number of benzene rings is 2. The fraction of sp³-hybridized carbons (Fsp3) is 0.208. The van der Waals surface area contributed by atoms with Gasteiger partial charge in [0.2, 0.25) is 5.78 Å². The van der Waals surface area contributed by atoms with Gasteiger partial charge in [0.1, 0.15) is 5.82 Å². The average molecular weight is 431 g/mol. The first-order valence-corrected chi connectivity index (χ1v) is 10.4. The minimum Gasteiger partial charge on any atom is -0.314 e. The van der Waals surface area contributed by atoms with Crippen molar-refractivity contribution in [1.82, 2.24) is 23.1 Å². The molecule has 0 amide bonds. The van der Waals surface area contributed by atoms with E-state index in [1.807, 2.05) is 35.9 Å². The number of hydrogen-bond acceptors (Lipinski definition) is 3. The third kappa shape index (κ3) is 3.15. The summed E-state index contributed by atoms with van der Waals surface area (Å²) in [6.45, 7) is 2.51. The third-order valence-corrected chi connectivity index (χ3v) is 5.89. The Labute approximate surface area is 182 Å². The van der Waals surface area contributed by atoms with Crippen LogP contribution in [0.1, 0.15) is 16.8 Å². The largest absolute Gasteiger partial charge is 0.332 e. The van der Waals surface area contributed by atoms with Gasteiger partial charge in [0.25, 0.3) is 5.56 Å². The number of halogens is 1. The van der Waals surface area contributed by atoms with Crippen molar-refractivity contribution in [3.05, 3.63) is 104 Å². The number of nitrogens with zero attached hydrogens (tertiary/aromatic N) is 5. The Morgan fingerprint density at radius 2 is 1.69 bits per heavy atom. The van der Waals surface area contributed by atoms with Crippen molar-refractivity contribution in [3.8, 4) is 0 Å². The van der Waals surface area contributed by atoms with E-state index in [0.717, 1.165) is 16.7 Å². The van der Waals surface area contributed by atoms with E-state index >= 15 is 0 Å². The molecule has 5 rings (SSSR count). The van der Waals surface area contributed by atoms with Crippen LogP contribution in [0, 0.1) is 12.7 Å². The number of hydrogen-bond donors (Lipinski definition) is 0. The molecule has 3 heterocycles. The minimum atomic E-state index is -0.529. The summed E-state index contributed by atoms with van der Waals surface area (Å²) in [6.07, 6.45) is 2.67. The van der Waals surface area contributed by atoms with Crippen LogP contribution >= 0.6 is 0 Å². The van der Waals surface area contributed by atoms with Gasteiger partial charge in [-0.05, 0) is 25.0 Å². The Kier molecular flexibility index (Phi) is 4.77. The second kappa shape index (κ2) is 7.64. The summed E-state index contributed by atoms with van der Waals surface area (Å²) >= 11 is 0. The van der Waals surface area contributed by atoms with Crippen molar-refractivity contribution < 1.29 is 4.39 Å². The first-order valence-electron chi connectivity index (χ1n) is 10.4. The first-order chi connectivity index (χ1) is 15.5. The van der Waals surface area contributed by atoms with Crippen LogP contribution in [0.3, 0.4) is 0 Å². The van der Waals surface area contributed by atoms with Crippen LogP contribution in [0.4, 0.5) is 4.39 Å². The number of aromatic nitrogens is 5. The normalized spacial score (nSPS) is 11.6. The van der Waals surface area contributed by atoms with E-state index in [2.05, 4.69) is 17.1 Å². The molecule has 32 heavy (non-hydrogen) atoms. The van der Waals surface area contributed by atoms with Gasteiger partial charge in [0.05, 0.1) is 6.54 Å². The summed E-state index contributed by atoms with van der Waals surface area (Å²) < 4.78 is 20.4. The van der Waals surface area contributed by atoms with Gasteiger partial charge < -0.3 is 4.57 Å². The van der Waals surface area contributed by atoms with E-state index in [1.54, 1.807) is 29.6 Å². The second-order valence-corrected chi connectivity index (χ2v) is 7.94. The summed E-state index contributed by atoms with van der Waals surface area (Å²) in [4.78, 5) is 30.9. The highest BCUT2D eigenvalue weighted by molar-refractivity contribution is 5.75. The van der Waals surface area contributed by atoms with Crippen molar-refractivity contribution in [2.75, 3.05) is 0 Å². The zero-order chi connectivity index (χ0) is 22.4. The lowest BCUT2D eigenvalue weighted by Gasteiger charge is -2.09. The Morgan fingerprint density at radius 1 is 0.969 bits per heavy atom. The molecule has 0 saturated carbocycles. The van der Waals surface area contributed by atoms with Crippen LogP contribution in [0.15, 0.2) is 70.4 Å². The summed E-state index contributed by atoms with van der Waals surface area (Å²) in [7, 11) is 1.58. The van der Waals surface area contributed by atoms with Gasteiger partial charge in [0.15, 0.2) is 11.2 Å². The topological polar surface area (TPSA) is 66.2 Å². The van der Waals surface area contributed by atoms with Crippen molar-refractivity contribution in [2.45, 2.75) is 26.4 Å². The van der Waals surface area contributed by atoms with E-state index < -0.39 is 17.1 Å². The van der Waals surface area contributed by atoms with Gasteiger partial charge in [-0.3, -0.25) is 18.3 Å². The van der Waals surface area contributed by atoms with Gasteiger partial charge in [-0.15, -0.1) is 0 Å². The van der Waals surface area contributed by atoms with Crippen LogP contribution in [0.25, 0.3) is 16.9 Å². The smallest absolute Gasteiger partial charge is 0.314 e. The molecule has 8 heteroatoms. The Morgan fingerprint density at radius 3 is 2.44 bits per heavy atom. The van der Waals surface area contributed by atoms with E-state index in [4.69, 9.17) is 0 Å². The molecule has 0 atom stereocenters. The lowest BCUT2D eigenvalue weighted by molar-refractivity contribution is 0.582. The SMILES string of the molecule is Cc1cn2c3c(=O)n(Cc4ccccc4F)c(=O)n(C)c3nc2n1CCc1ccccc1. The quantitative estimate of drug-likeness (QED) is 0.430. The van der Waals surface area contributed by atoms with Crippen LogP contribution in [-0.4, -0.2) is 23.1 Å². The highest BCUT2D eigenvalue weighted by Gasteiger charge is 2.20. The van der Waals surface area contributed by atoms with E-state index in [9.17, 15) is 14.0 Å². The summed E-state index contributed by atoms with van der Waals surface area (Å²) in [5.41, 5.74) is 2.04. The van der Waals surface area contributed by atoms with Crippen molar-refractivity contribution >= 4 is 16.9 Å². The molecule has 0 aliphatic heterocycles. The Hall–Kier alpha value is -3.94. The molecule has 0 radical (unpaired) electrons. The zero-order valence-corrected chi connectivity index (χ0v) is 17.8. The summed E-state index contributed by atoms with van der Waals surface area (Å²) in [5, 5.41) is 0. The Bertz CT molecular complexity index is 1570. The van der Waals surface area contributed by atoms with Crippen LogP contribution in [0.2, 0.25) is 0 Å². The third-order valence-electron chi connectivity index (χ3n) is 5.89. The van der Waals surface area contributed by atoms with Crippen molar-refractivity contribution in [1.29, 1.82) is 0 Å². The number of rotatable bonds is 5. The molecule has 0 aliphatic carbocycles. The lowest BCUT2D eigenvalue weighted by Crippen LogP contribution is -2.39. The summed E-state index contributed by atoms with van der Waals surface area (Å²) in [5.74, 6) is 0.145. The van der Waals surface area contributed by atoms with Crippen LogP contribution < -0.4 is 11.2 Å². The lowest BCUT2D eigenvalue weighted by atomic mass is 10.1. The Balaban J connectivity index is 1.65. The van der Waals surface area contributed by atoms with E-state index in [1.165, 1.54) is 16.2 Å². The first kappa shape index (κ1) is 20.0. The molecule has 0 bridgehead atoms. The van der Waals surface area contributed by atoms with Gasteiger partial charge in [0, 0.05) is 31.0 Å². The number of fused-ring (bicyclic) bond motifs is 3. The monoisotopic (exact) mass is 431 g/mol. The maximum Gasteiger partial charge on any atom is 0.332 e. The van der Waals surface area contributed by atoms with Crippen molar-refractivity contribution in [2.24, 2.45) is 7.05 Å². The molecule has 7 nitrogen and oxygen atoms in total. The molecule has 162 valence electrons. The fourth-order valence-corrected chi connectivity index (χ4v) is 4.15. The molecule has 0 N–H and O–H groups in total. The highest BCUT2D eigenvalue weighted by Crippen LogP contribution is 2.17. The number of imidazole rings is 2. The maximum absolute atomic E-state index is 14.2. The summed E-state index contributed by atoms with van der Waals surface area (Å²) in [6, 6.07) is 16.3. The molecule has 0 spiro atoms. The molecule has 5 aromatic rings. The molecule has 0 unspecified atom stereocenters. The average Bonchev–Trinajstić information content (AvgIpc) is 3.30. The molecule has 0 aliphatic rings. The molecular weight excluding hydrogens is 409 g/mol. The minimum absolute atomic E-state index is 0.144. The van der Waals surface area contributed by atoms with Gasteiger partial charge in [-0.25, -0.2) is 9.18 Å². The van der Waals surface area contributed by atoms with Gasteiger partial charge >= 0.3 is 5.69 Å². The standard InChI is InChI=1S/C24H22FN5O2/c1-16-14-29-20-21(26-23(29)28(16)13-12-17-8-4-3-5-9-17)27(2)24(32)30(22(20)31)15-18-10-6-7-11-19(18)25/h3-11,14H,12-13,15H2,1-2H3. The van der Waals surface area contributed by atoms with E-state index in [-0.39, 0.29) is 12.1 Å². The van der Waals surface area contributed by atoms with Gasteiger partial charge in [-0.1, -0.05) is 48.5 Å². The molecule has 0 saturated heterocycles. The van der Waals surface area contributed by atoms with Crippen molar-refractivity contribution in [3.63, 3.8) is 0 Å². The fourth-order valence-electron chi connectivity index (χ4n) is 4.15. The molecular formula is C24H22FN5O2. The predicted molar refractivity (Wildman–Crippen MR) is 121 cm³/mol. The van der Waals surface area contributed by atoms with Crippen LogP contribution in [0.5, 0.6) is 0 Å². The molecule has 0 fully saturated rings. The second-order valence-electron chi connectivity index (χ2n) is 7.94. The van der Waals surface area contributed by atoms with Crippen LogP contribution in [-0.2, 0) is 26.6 Å². The van der Waals surface area contributed by atoms with Gasteiger partial charge in [-0.2, -0.15) is 4.98 Å². The van der Waals surface area contributed by atoms with E-state index in [0.29, 0.717) is 23.5 Å². The molecule has 3 aromatic heterocycles.